The first-order valence-electron chi connectivity index (χ1n) is 31.3. The van der Waals surface area contributed by atoms with Crippen LogP contribution in [0.4, 0.5) is 0 Å². The Labute approximate surface area is 501 Å². The van der Waals surface area contributed by atoms with Crippen molar-refractivity contribution in [1.29, 1.82) is 0 Å². The topological polar surface area (TPSA) is 171 Å². The fourth-order valence-electron chi connectivity index (χ4n) is 7.01. The first-order chi connectivity index (χ1) is 39.7. The maximum absolute atomic E-state index is 11.8. The van der Waals surface area contributed by atoms with E-state index in [1.165, 1.54) is 77.0 Å². The Bertz CT molecular complexity index is 1880. The number of nitrogens with one attached hydrogen (secondary N) is 2. The van der Waals surface area contributed by atoms with Crippen LogP contribution in [0.3, 0.4) is 0 Å². The SMILES string of the molecule is CCCCC/C=C\C/C=C\C/C=C\C/C=C\CCCC(=O)NCCO.CCCCC/C=C\C/C=C\C/C=C\C/C=C\CCCC(=O)NCCOP(=O)(O)OCC[N+](C)(C)C.CCCCC/C=C\C/C=C\C/C=C\C/C=C\CCCC(=O)O. The van der Waals surface area contributed by atoms with E-state index in [4.69, 9.17) is 19.3 Å². The van der Waals surface area contributed by atoms with Gasteiger partial charge in [-0.2, -0.15) is 0 Å². The number of unbranched alkanes of at least 4 members (excludes halogenated alkanes) is 12. The van der Waals surface area contributed by atoms with Crippen LogP contribution in [0, 0.1) is 0 Å². The molecule has 0 fully saturated rings. The van der Waals surface area contributed by atoms with Gasteiger partial charge in [-0.1, -0.05) is 205 Å². The summed E-state index contributed by atoms with van der Waals surface area (Å²) >= 11 is 0. The van der Waals surface area contributed by atoms with Gasteiger partial charge in [0.05, 0.1) is 34.4 Å². The Morgan fingerprint density at radius 1 is 0.402 bits per heavy atom. The van der Waals surface area contributed by atoms with Crippen LogP contribution in [0.15, 0.2) is 146 Å². The van der Waals surface area contributed by atoms with Crippen molar-refractivity contribution in [3.63, 3.8) is 0 Å². The van der Waals surface area contributed by atoms with Crippen molar-refractivity contribution in [1.82, 2.24) is 10.6 Å². The zero-order valence-corrected chi connectivity index (χ0v) is 53.4. The van der Waals surface area contributed by atoms with Crippen LogP contribution >= 0.6 is 7.82 Å². The molecular weight excluding hydrogens is 1050 g/mol. The van der Waals surface area contributed by atoms with E-state index in [1.807, 2.05) is 21.1 Å². The largest absolute Gasteiger partial charge is 0.481 e. The molecule has 0 aliphatic carbocycles. The zero-order valence-electron chi connectivity index (χ0n) is 52.5. The molecule has 1 atom stereocenters. The minimum Gasteiger partial charge on any atom is -0.481 e. The number of carboxylic acid groups (broad SMARTS) is 1. The van der Waals surface area contributed by atoms with Gasteiger partial charge in [0.25, 0.3) is 0 Å². The van der Waals surface area contributed by atoms with Crippen LogP contribution in [0.2, 0.25) is 0 Å². The van der Waals surface area contributed by atoms with Crippen molar-refractivity contribution < 1.29 is 47.6 Å². The Hall–Kier alpha value is -4.68. The average Bonchev–Trinajstić information content (AvgIpc) is 3.44. The number of aliphatic hydroxyl groups excluding tert-OH is 1. The van der Waals surface area contributed by atoms with Gasteiger partial charge in [0.15, 0.2) is 0 Å². The number of amides is 2. The number of likely N-dealkylation sites (N-methyl/N-ethyl adjacent to an activating group) is 1. The summed E-state index contributed by atoms with van der Waals surface area (Å²) in [6, 6.07) is 0. The number of carboxylic acids is 1. The second kappa shape index (κ2) is 67.1. The number of hydrogen-bond acceptors (Lipinski definition) is 7. The van der Waals surface area contributed by atoms with Gasteiger partial charge in [0.1, 0.15) is 13.2 Å². The summed E-state index contributed by atoms with van der Waals surface area (Å²) in [5, 5.41) is 22.4. The number of nitrogens with zero attached hydrogens (tertiary/aromatic N) is 1. The lowest BCUT2D eigenvalue weighted by Gasteiger charge is -2.24. The molecule has 0 aromatic carbocycles. The molecule has 5 N–H and O–H groups in total. The minimum absolute atomic E-state index is 0.00289. The second-order valence-electron chi connectivity index (χ2n) is 20.9. The molecule has 0 rings (SSSR count). The third-order valence-corrected chi connectivity index (χ3v) is 12.8. The van der Waals surface area contributed by atoms with E-state index in [-0.39, 0.29) is 44.6 Å². The summed E-state index contributed by atoms with van der Waals surface area (Å²) in [5.41, 5.74) is 0. The first kappa shape index (κ1) is 81.5. The number of allylic oxidation sites excluding steroid dienone is 24. The van der Waals surface area contributed by atoms with E-state index < -0.39 is 13.8 Å². The standard InChI is InChI=1S/C27H49N2O5P.C22H37NO2.C20H32O2/c1-5-6-7-8-9-10-11-12-13-14-15-16-17-18-19-20-21-22-27(30)28-23-25-33-35(31,32)34-26-24-29(2,3)4;1-2-3-4-5-6-7-8-9-10-11-12-13-14-15-16-17-18-19-22(25)23-20-21-24;1-2-3-4-5-6-7-8-9-10-11-12-13-14-15-16-17-18-19-20(21)22/h9-10,12-13,15-16,18-19H,5-8,11,14,17,20-26H2,1-4H3,(H-,28,30,31,32);6-7,9-10,12-13,15-16,24H,2-5,8,11,14,17-21H2,1H3,(H,23,25);6-7,9-10,12-13,15-16H,2-5,8,11,14,17-19H2,1H3,(H,21,22)/p+1/b10-9-,13-12-,16-15-,19-18-;2*7-6-,10-9-,13-12-,16-15-. The van der Waals surface area contributed by atoms with Crippen LogP contribution < -0.4 is 10.6 Å². The molecule has 0 aromatic rings. The van der Waals surface area contributed by atoms with Crippen LogP contribution in [-0.4, -0.2) is 98.0 Å². The predicted octanol–water partition coefficient (Wildman–Crippen LogP) is 17.5. The number of carbonyl (C=O) groups is 3. The maximum atomic E-state index is 11.8. The number of carbonyl (C=O) groups excluding carboxylic acids is 2. The lowest BCUT2D eigenvalue weighted by Crippen LogP contribution is -2.37. The summed E-state index contributed by atoms with van der Waals surface area (Å²) < 4.78 is 22.2. The molecule has 0 aromatic heterocycles. The van der Waals surface area contributed by atoms with Crippen molar-refractivity contribution in [2.75, 3.05) is 60.6 Å². The fourth-order valence-corrected chi connectivity index (χ4v) is 7.71. The highest BCUT2D eigenvalue weighted by Gasteiger charge is 2.22. The summed E-state index contributed by atoms with van der Waals surface area (Å²) in [4.78, 5) is 43.1. The van der Waals surface area contributed by atoms with Crippen molar-refractivity contribution in [2.45, 2.75) is 213 Å². The Morgan fingerprint density at radius 2 is 0.671 bits per heavy atom. The smallest absolute Gasteiger partial charge is 0.472 e. The van der Waals surface area contributed by atoms with Crippen molar-refractivity contribution in [2.24, 2.45) is 0 Å². The molecule has 0 heterocycles. The van der Waals surface area contributed by atoms with Gasteiger partial charge < -0.3 is 30.2 Å². The Kier molecular flexibility index (Phi) is 66.7. The van der Waals surface area contributed by atoms with Gasteiger partial charge in [-0.25, -0.2) is 4.57 Å². The van der Waals surface area contributed by atoms with E-state index >= 15 is 0 Å². The molecule has 82 heavy (non-hydrogen) atoms. The molecular formula is C69H119N3O9P+. The van der Waals surface area contributed by atoms with Gasteiger partial charge in [-0.3, -0.25) is 23.4 Å². The molecule has 0 spiro atoms. The first-order valence-corrected chi connectivity index (χ1v) is 32.8. The van der Waals surface area contributed by atoms with Crippen LogP contribution in [-0.2, 0) is 28.0 Å². The number of quaternary nitrogens is 1. The monoisotopic (exact) mass is 1160 g/mol. The number of aliphatic carboxylic acids is 1. The van der Waals surface area contributed by atoms with E-state index in [0.29, 0.717) is 30.4 Å². The number of phosphoric ester groups is 1. The van der Waals surface area contributed by atoms with Crippen LogP contribution in [0.1, 0.15) is 213 Å². The lowest BCUT2D eigenvalue weighted by molar-refractivity contribution is -0.870. The van der Waals surface area contributed by atoms with Gasteiger partial charge in [0.2, 0.25) is 11.8 Å². The molecule has 0 aliphatic rings. The van der Waals surface area contributed by atoms with Crippen LogP contribution in [0.5, 0.6) is 0 Å². The van der Waals surface area contributed by atoms with Gasteiger partial charge in [-0.05, 0) is 135 Å². The highest BCUT2D eigenvalue weighted by molar-refractivity contribution is 7.47. The van der Waals surface area contributed by atoms with Crippen LogP contribution in [0.25, 0.3) is 0 Å². The predicted molar refractivity (Wildman–Crippen MR) is 351 cm³/mol. The Balaban J connectivity index is -0.00000118. The molecule has 2 amide bonds. The highest BCUT2D eigenvalue weighted by atomic mass is 31.2. The van der Waals surface area contributed by atoms with Gasteiger partial charge in [0, 0.05) is 32.4 Å². The normalized spacial score (nSPS) is 13.3. The molecule has 0 radical (unpaired) electrons. The van der Waals surface area contributed by atoms with Gasteiger partial charge in [-0.15, -0.1) is 0 Å². The summed E-state index contributed by atoms with van der Waals surface area (Å²) in [6.45, 7) is 7.86. The minimum atomic E-state index is -4.08. The average molecular weight is 1170 g/mol. The summed E-state index contributed by atoms with van der Waals surface area (Å²) in [5.74, 6) is -0.788. The molecule has 13 heteroatoms. The van der Waals surface area contributed by atoms with Crippen molar-refractivity contribution >= 4 is 25.6 Å². The highest BCUT2D eigenvalue weighted by Crippen LogP contribution is 2.42. The fraction of sp³-hybridized carbons (Fsp3) is 0.609. The molecule has 468 valence electrons. The number of rotatable bonds is 52. The van der Waals surface area contributed by atoms with E-state index in [0.717, 1.165) is 96.3 Å². The van der Waals surface area contributed by atoms with Crippen molar-refractivity contribution in [3.05, 3.63) is 146 Å². The zero-order chi connectivity index (χ0) is 61.0. The molecule has 1 unspecified atom stereocenters. The number of aliphatic hydroxyl groups is 1. The van der Waals surface area contributed by atoms with E-state index in [2.05, 4.69) is 177 Å². The maximum Gasteiger partial charge on any atom is 0.472 e. The third kappa shape index (κ3) is 79.5. The lowest BCUT2D eigenvalue weighted by atomic mass is 10.2. The molecule has 0 bridgehead atoms. The molecule has 0 aliphatic heterocycles. The summed E-state index contributed by atoms with van der Waals surface area (Å²) in [6.07, 6.45) is 82.7. The second-order valence-corrected chi connectivity index (χ2v) is 22.4. The summed E-state index contributed by atoms with van der Waals surface area (Å²) in [7, 11) is 1.81. The van der Waals surface area contributed by atoms with Gasteiger partial charge >= 0.3 is 13.8 Å². The van der Waals surface area contributed by atoms with Crippen molar-refractivity contribution in [3.8, 4) is 0 Å². The third-order valence-electron chi connectivity index (χ3n) is 11.8. The van der Waals surface area contributed by atoms with E-state index in [9.17, 15) is 23.8 Å². The molecule has 12 nitrogen and oxygen atoms in total. The molecule has 0 saturated heterocycles. The Morgan fingerprint density at radius 3 is 0.951 bits per heavy atom. The molecule has 0 saturated carbocycles. The van der Waals surface area contributed by atoms with E-state index in [1.54, 1.807) is 0 Å². The number of hydrogen-bond donors (Lipinski definition) is 5. The number of phosphoric acid groups is 1. The quantitative estimate of drug-likeness (QED) is 0.0172.